The molecule has 2 amide bonds. The number of rotatable bonds is 8. The Labute approximate surface area is 163 Å². The van der Waals surface area contributed by atoms with Crippen molar-refractivity contribution < 1.29 is 19.1 Å². The lowest BCUT2D eigenvalue weighted by molar-refractivity contribution is 0.0601. The van der Waals surface area contributed by atoms with E-state index < -0.39 is 11.9 Å². The van der Waals surface area contributed by atoms with E-state index in [-0.39, 0.29) is 22.7 Å². The number of para-hydroxylation sites is 1. The zero-order chi connectivity index (χ0) is 20.5. The van der Waals surface area contributed by atoms with Gasteiger partial charge in [-0.15, -0.1) is 0 Å². The Morgan fingerprint density at radius 2 is 1.86 bits per heavy atom. The number of esters is 1. The summed E-state index contributed by atoms with van der Waals surface area (Å²) in [7, 11) is 5.20. The van der Waals surface area contributed by atoms with Crippen molar-refractivity contribution >= 4 is 23.5 Å². The fourth-order valence-electron chi connectivity index (χ4n) is 2.46. The maximum Gasteiger partial charge on any atom is 0.339 e. The fraction of sp³-hybridized carbons (Fsp3) is 0.300. The summed E-state index contributed by atoms with van der Waals surface area (Å²) in [4.78, 5) is 42.7. The highest BCUT2D eigenvalue weighted by Gasteiger charge is 2.16. The van der Waals surface area contributed by atoms with E-state index in [0.717, 1.165) is 13.0 Å². The Kier molecular flexibility index (Phi) is 7.65. The minimum Gasteiger partial charge on any atom is -0.465 e. The van der Waals surface area contributed by atoms with Gasteiger partial charge in [0, 0.05) is 18.3 Å². The van der Waals surface area contributed by atoms with Crippen molar-refractivity contribution in [2.45, 2.75) is 6.42 Å². The zero-order valence-corrected chi connectivity index (χ0v) is 16.2. The Bertz CT molecular complexity index is 852. The molecule has 2 N–H and O–H groups in total. The number of methoxy groups -OCH3 is 1. The van der Waals surface area contributed by atoms with Crippen LogP contribution in [0.3, 0.4) is 0 Å². The van der Waals surface area contributed by atoms with E-state index in [9.17, 15) is 14.4 Å². The summed E-state index contributed by atoms with van der Waals surface area (Å²) < 4.78 is 4.72. The summed E-state index contributed by atoms with van der Waals surface area (Å²) in [5.74, 6) is -1.35. The second-order valence-corrected chi connectivity index (χ2v) is 6.33. The number of aromatic nitrogens is 1. The normalized spacial score (nSPS) is 10.4. The van der Waals surface area contributed by atoms with Crippen molar-refractivity contribution in [1.29, 1.82) is 0 Å². The molecule has 0 saturated heterocycles. The molecule has 8 nitrogen and oxygen atoms in total. The van der Waals surface area contributed by atoms with E-state index in [0.29, 0.717) is 12.2 Å². The fourth-order valence-corrected chi connectivity index (χ4v) is 2.46. The van der Waals surface area contributed by atoms with Crippen LogP contribution in [0.4, 0.5) is 5.69 Å². The first-order valence-corrected chi connectivity index (χ1v) is 8.80. The summed E-state index contributed by atoms with van der Waals surface area (Å²) in [5.41, 5.74) is 0.976. The van der Waals surface area contributed by atoms with E-state index in [2.05, 4.69) is 15.6 Å². The van der Waals surface area contributed by atoms with Crippen LogP contribution in [-0.4, -0.2) is 62.0 Å². The third-order valence-electron chi connectivity index (χ3n) is 3.90. The lowest BCUT2D eigenvalue weighted by Gasteiger charge is -2.11. The van der Waals surface area contributed by atoms with Gasteiger partial charge in [-0.3, -0.25) is 14.6 Å². The molecule has 0 bridgehead atoms. The Balaban J connectivity index is 2.06. The Morgan fingerprint density at radius 3 is 2.57 bits per heavy atom. The predicted octanol–water partition coefficient (Wildman–Crippen LogP) is 1.80. The van der Waals surface area contributed by atoms with Crippen molar-refractivity contribution in [2.24, 2.45) is 0 Å². The number of carbonyl (C=O) groups excluding carboxylic acids is 3. The quantitative estimate of drug-likeness (QED) is 0.532. The van der Waals surface area contributed by atoms with Crippen molar-refractivity contribution in [1.82, 2.24) is 15.2 Å². The first kappa shape index (κ1) is 21.0. The molecule has 0 spiro atoms. The molecule has 148 valence electrons. The first-order chi connectivity index (χ1) is 13.4. The molecule has 2 rings (SSSR count). The molecule has 0 radical (unpaired) electrons. The van der Waals surface area contributed by atoms with Crippen LogP contribution in [0.25, 0.3) is 0 Å². The molecule has 0 aliphatic heterocycles. The molecule has 0 unspecified atom stereocenters. The molecule has 0 fully saturated rings. The van der Waals surface area contributed by atoms with E-state index in [1.807, 2.05) is 19.0 Å². The minimum absolute atomic E-state index is 0.152. The lowest BCUT2D eigenvalue weighted by Crippen LogP contribution is -2.28. The van der Waals surface area contributed by atoms with E-state index in [1.165, 1.54) is 25.4 Å². The molecule has 0 atom stereocenters. The van der Waals surface area contributed by atoms with Gasteiger partial charge in [0.05, 0.1) is 18.4 Å². The van der Waals surface area contributed by atoms with Crippen molar-refractivity contribution in [2.75, 3.05) is 39.6 Å². The lowest BCUT2D eigenvalue weighted by atomic mass is 10.1. The Morgan fingerprint density at radius 1 is 1.11 bits per heavy atom. The topological polar surface area (TPSA) is 101 Å². The molecule has 8 heteroatoms. The third kappa shape index (κ3) is 5.88. The van der Waals surface area contributed by atoms with Crippen molar-refractivity contribution in [3.05, 3.63) is 59.4 Å². The molecule has 1 heterocycles. The van der Waals surface area contributed by atoms with Gasteiger partial charge in [0.2, 0.25) is 0 Å². The smallest absolute Gasteiger partial charge is 0.339 e. The minimum atomic E-state index is -0.552. The number of amides is 2. The summed E-state index contributed by atoms with van der Waals surface area (Å²) in [6.45, 7) is 1.37. The summed E-state index contributed by atoms with van der Waals surface area (Å²) in [6, 6.07) is 9.44. The first-order valence-electron chi connectivity index (χ1n) is 8.80. The number of ether oxygens (including phenoxy) is 1. The standard InChI is InChI=1S/C20H24N4O4/c1-24(2)12-6-10-22-19(26)17-13-14(9-11-21-17)18(25)23-16-8-5-4-7-15(16)20(27)28-3/h4-5,7-9,11,13H,6,10,12H2,1-3H3,(H,22,26)(H,23,25). The van der Waals surface area contributed by atoms with Gasteiger partial charge in [-0.1, -0.05) is 12.1 Å². The van der Waals surface area contributed by atoms with Gasteiger partial charge in [0.15, 0.2) is 0 Å². The number of pyridine rings is 1. The molecular weight excluding hydrogens is 360 g/mol. The van der Waals surface area contributed by atoms with Crippen molar-refractivity contribution in [3.8, 4) is 0 Å². The number of anilines is 1. The second kappa shape index (κ2) is 10.2. The summed E-state index contributed by atoms with van der Waals surface area (Å²) >= 11 is 0. The number of carbonyl (C=O) groups is 3. The van der Waals surface area contributed by atoms with Crippen LogP contribution >= 0.6 is 0 Å². The molecule has 2 aromatic rings. The molecule has 1 aromatic heterocycles. The average Bonchev–Trinajstić information content (AvgIpc) is 2.70. The largest absolute Gasteiger partial charge is 0.465 e. The van der Waals surface area contributed by atoms with E-state index >= 15 is 0 Å². The van der Waals surface area contributed by atoms with Crippen LogP contribution in [0.1, 0.15) is 37.6 Å². The zero-order valence-electron chi connectivity index (χ0n) is 16.2. The summed E-state index contributed by atoms with van der Waals surface area (Å²) in [5, 5.41) is 5.45. The van der Waals surface area contributed by atoms with Crippen LogP contribution in [-0.2, 0) is 4.74 Å². The highest BCUT2D eigenvalue weighted by molar-refractivity contribution is 6.08. The van der Waals surface area contributed by atoms with Crippen LogP contribution in [0.2, 0.25) is 0 Å². The maximum absolute atomic E-state index is 12.6. The Hall–Kier alpha value is -3.26. The van der Waals surface area contributed by atoms with Gasteiger partial charge in [-0.25, -0.2) is 4.79 Å². The molecule has 0 aliphatic rings. The van der Waals surface area contributed by atoms with Gasteiger partial charge in [-0.2, -0.15) is 0 Å². The number of nitrogens with zero attached hydrogens (tertiary/aromatic N) is 2. The van der Waals surface area contributed by atoms with Gasteiger partial charge in [0.1, 0.15) is 5.69 Å². The van der Waals surface area contributed by atoms with Gasteiger partial charge in [0.25, 0.3) is 11.8 Å². The number of benzene rings is 1. The van der Waals surface area contributed by atoms with Crippen LogP contribution < -0.4 is 10.6 Å². The monoisotopic (exact) mass is 384 g/mol. The summed E-state index contributed by atoms with van der Waals surface area (Å²) in [6.07, 6.45) is 2.21. The molecule has 0 aliphatic carbocycles. The van der Waals surface area contributed by atoms with Gasteiger partial charge < -0.3 is 20.3 Å². The van der Waals surface area contributed by atoms with Crippen LogP contribution in [0.5, 0.6) is 0 Å². The maximum atomic E-state index is 12.6. The van der Waals surface area contributed by atoms with Gasteiger partial charge >= 0.3 is 5.97 Å². The van der Waals surface area contributed by atoms with E-state index in [1.54, 1.807) is 24.3 Å². The highest BCUT2D eigenvalue weighted by Crippen LogP contribution is 2.17. The predicted molar refractivity (Wildman–Crippen MR) is 105 cm³/mol. The molecule has 28 heavy (non-hydrogen) atoms. The van der Waals surface area contributed by atoms with Crippen molar-refractivity contribution in [3.63, 3.8) is 0 Å². The highest BCUT2D eigenvalue weighted by atomic mass is 16.5. The average molecular weight is 384 g/mol. The van der Waals surface area contributed by atoms with Gasteiger partial charge in [-0.05, 0) is 51.3 Å². The van der Waals surface area contributed by atoms with Crippen LogP contribution in [0.15, 0.2) is 42.6 Å². The second-order valence-electron chi connectivity index (χ2n) is 6.33. The SMILES string of the molecule is COC(=O)c1ccccc1NC(=O)c1ccnc(C(=O)NCCCN(C)C)c1. The molecular formula is C20H24N4O4. The number of hydrogen-bond acceptors (Lipinski definition) is 6. The number of hydrogen-bond donors (Lipinski definition) is 2. The number of nitrogens with one attached hydrogen (secondary N) is 2. The molecule has 1 aromatic carbocycles. The molecule has 0 saturated carbocycles. The third-order valence-corrected chi connectivity index (χ3v) is 3.90. The van der Waals surface area contributed by atoms with E-state index in [4.69, 9.17) is 4.74 Å². The van der Waals surface area contributed by atoms with Crippen LogP contribution in [0, 0.1) is 0 Å².